The minimum absolute atomic E-state index is 0.00846. The lowest BCUT2D eigenvalue weighted by Gasteiger charge is -2.06. The monoisotopic (exact) mass is 298 g/mol. The van der Waals surface area contributed by atoms with Gasteiger partial charge in [0.25, 0.3) is 0 Å². The Kier molecular flexibility index (Phi) is 5.25. The Bertz CT molecular complexity index is 717. The average Bonchev–Trinajstić information content (AvgIpc) is 2.51. The number of carboxylic acids is 1. The fourth-order valence-corrected chi connectivity index (χ4v) is 2.16. The van der Waals surface area contributed by atoms with Crippen molar-refractivity contribution in [1.29, 1.82) is 0 Å². The van der Waals surface area contributed by atoms with Gasteiger partial charge in [-0.15, -0.1) is 0 Å². The summed E-state index contributed by atoms with van der Waals surface area (Å²) in [5, 5.41) is 14.7. The zero-order chi connectivity index (χ0) is 15.9. The average molecular weight is 298 g/mol. The number of carbonyl (C=O) groups excluding carboxylic acids is 1. The first-order valence-corrected chi connectivity index (χ1v) is 7.06. The van der Waals surface area contributed by atoms with E-state index in [2.05, 4.69) is 10.5 Å². The van der Waals surface area contributed by atoms with Gasteiger partial charge < -0.3 is 5.11 Å². The third kappa shape index (κ3) is 4.41. The summed E-state index contributed by atoms with van der Waals surface area (Å²) in [6, 6.07) is 13.7. The Morgan fingerprint density at radius 3 is 2.59 bits per heavy atom. The minimum Gasteiger partial charge on any atom is -0.481 e. The maximum absolute atomic E-state index is 12.0. The molecule has 2 aromatic carbocycles. The lowest BCUT2D eigenvalue weighted by Crippen LogP contribution is -2.21. The second-order valence-electron chi connectivity index (χ2n) is 5.09. The Morgan fingerprint density at radius 2 is 1.82 bits per heavy atom. The van der Waals surface area contributed by atoms with Gasteiger partial charge in [0.1, 0.15) is 0 Å². The molecule has 0 aliphatic rings. The van der Waals surface area contributed by atoms with Gasteiger partial charge in [-0.05, 0) is 29.7 Å². The quantitative estimate of drug-likeness (QED) is 0.635. The molecule has 0 spiro atoms. The molecule has 0 radical (unpaired) electrons. The normalized spacial score (nSPS) is 11.4. The zero-order valence-electron chi connectivity index (χ0n) is 12.4. The van der Waals surface area contributed by atoms with Crippen LogP contribution in [0.25, 0.3) is 10.8 Å². The molecule has 2 aromatic rings. The lowest BCUT2D eigenvalue weighted by molar-refractivity contribution is -0.136. The summed E-state index contributed by atoms with van der Waals surface area (Å²) >= 11 is 0. The summed E-state index contributed by atoms with van der Waals surface area (Å²) < 4.78 is 0. The standard InChI is InChI=1S/C17H18N2O3/c1-12(9-10-17(21)22)18-19-16(20)11-14-7-4-6-13-5-2-3-8-15(13)14/h2-8H,9-11H2,1H3,(H,19,20)(H,21,22). The second-order valence-corrected chi connectivity index (χ2v) is 5.09. The third-order valence-electron chi connectivity index (χ3n) is 3.30. The molecular formula is C17H18N2O3. The van der Waals surface area contributed by atoms with Gasteiger partial charge in [-0.2, -0.15) is 5.10 Å². The molecule has 0 aromatic heterocycles. The number of rotatable bonds is 6. The van der Waals surface area contributed by atoms with Crippen molar-refractivity contribution in [2.24, 2.45) is 5.10 Å². The van der Waals surface area contributed by atoms with Crippen molar-refractivity contribution in [3.8, 4) is 0 Å². The predicted octanol–water partition coefficient (Wildman–Crippen LogP) is 2.74. The smallest absolute Gasteiger partial charge is 0.303 e. The van der Waals surface area contributed by atoms with E-state index in [0.717, 1.165) is 16.3 Å². The van der Waals surface area contributed by atoms with Crippen molar-refractivity contribution in [1.82, 2.24) is 5.43 Å². The molecular weight excluding hydrogens is 280 g/mol. The number of carboxylic acid groups (broad SMARTS) is 1. The molecule has 22 heavy (non-hydrogen) atoms. The topological polar surface area (TPSA) is 78.8 Å². The van der Waals surface area contributed by atoms with Gasteiger partial charge in [0.2, 0.25) is 5.91 Å². The fraction of sp³-hybridized carbons (Fsp3) is 0.235. The molecule has 5 nitrogen and oxygen atoms in total. The molecule has 5 heteroatoms. The van der Waals surface area contributed by atoms with Gasteiger partial charge in [-0.1, -0.05) is 42.5 Å². The number of amides is 1. The van der Waals surface area contributed by atoms with Crippen LogP contribution >= 0.6 is 0 Å². The molecule has 0 bridgehead atoms. The summed E-state index contributed by atoms with van der Waals surface area (Å²) in [7, 11) is 0. The highest BCUT2D eigenvalue weighted by atomic mass is 16.4. The Morgan fingerprint density at radius 1 is 1.09 bits per heavy atom. The van der Waals surface area contributed by atoms with Gasteiger partial charge in [-0.3, -0.25) is 9.59 Å². The van der Waals surface area contributed by atoms with Crippen LogP contribution in [0.4, 0.5) is 0 Å². The second kappa shape index (κ2) is 7.36. The summed E-state index contributed by atoms with van der Waals surface area (Å²) in [5.41, 5.74) is 4.01. The predicted molar refractivity (Wildman–Crippen MR) is 85.8 cm³/mol. The van der Waals surface area contributed by atoms with E-state index in [1.807, 2.05) is 42.5 Å². The van der Waals surface area contributed by atoms with Crippen molar-refractivity contribution in [3.05, 3.63) is 48.0 Å². The van der Waals surface area contributed by atoms with Crippen LogP contribution in [0.15, 0.2) is 47.6 Å². The van der Waals surface area contributed by atoms with Crippen molar-refractivity contribution in [2.75, 3.05) is 0 Å². The number of hydrazone groups is 1. The van der Waals surface area contributed by atoms with E-state index in [4.69, 9.17) is 5.11 Å². The van der Waals surface area contributed by atoms with E-state index >= 15 is 0 Å². The summed E-state index contributed by atoms with van der Waals surface area (Å²) in [4.78, 5) is 22.4. The molecule has 0 saturated carbocycles. The highest BCUT2D eigenvalue weighted by Crippen LogP contribution is 2.18. The third-order valence-corrected chi connectivity index (χ3v) is 3.30. The van der Waals surface area contributed by atoms with Gasteiger partial charge in [-0.25, -0.2) is 5.43 Å². The van der Waals surface area contributed by atoms with Gasteiger partial charge in [0.15, 0.2) is 0 Å². The van der Waals surface area contributed by atoms with E-state index in [-0.39, 0.29) is 18.7 Å². The van der Waals surface area contributed by atoms with E-state index in [1.54, 1.807) is 6.92 Å². The van der Waals surface area contributed by atoms with E-state index < -0.39 is 5.97 Å². The van der Waals surface area contributed by atoms with Crippen LogP contribution in [0.2, 0.25) is 0 Å². The Hall–Kier alpha value is -2.69. The molecule has 0 unspecified atom stereocenters. The highest BCUT2D eigenvalue weighted by molar-refractivity contribution is 5.91. The molecule has 114 valence electrons. The molecule has 0 atom stereocenters. The number of hydrogen-bond acceptors (Lipinski definition) is 3. The van der Waals surface area contributed by atoms with Crippen LogP contribution in [0, 0.1) is 0 Å². The van der Waals surface area contributed by atoms with Crippen molar-refractivity contribution >= 4 is 28.4 Å². The van der Waals surface area contributed by atoms with Crippen molar-refractivity contribution in [3.63, 3.8) is 0 Å². The minimum atomic E-state index is -0.878. The molecule has 0 saturated heterocycles. The number of aliphatic carboxylic acids is 1. The summed E-state index contributed by atoms with van der Waals surface area (Å²) in [6.45, 7) is 1.70. The lowest BCUT2D eigenvalue weighted by atomic mass is 10.0. The number of hydrogen-bond donors (Lipinski definition) is 2. The Balaban J connectivity index is 1.99. The Labute approximate surface area is 128 Å². The molecule has 0 aliphatic carbocycles. The number of carbonyl (C=O) groups is 2. The number of nitrogens with one attached hydrogen (secondary N) is 1. The van der Waals surface area contributed by atoms with Gasteiger partial charge in [0, 0.05) is 5.71 Å². The first kappa shape index (κ1) is 15.7. The van der Waals surface area contributed by atoms with Crippen molar-refractivity contribution < 1.29 is 14.7 Å². The molecule has 0 heterocycles. The maximum atomic E-state index is 12.0. The molecule has 0 aliphatic heterocycles. The van der Waals surface area contributed by atoms with Gasteiger partial charge >= 0.3 is 5.97 Å². The van der Waals surface area contributed by atoms with Crippen LogP contribution in [0.3, 0.4) is 0 Å². The first-order valence-electron chi connectivity index (χ1n) is 7.06. The zero-order valence-corrected chi connectivity index (χ0v) is 12.4. The summed E-state index contributed by atoms with van der Waals surface area (Å²) in [5.74, 6) is -1.09. The summed E-state index contributed by atoms with van der Waals surface area (Å²) in [6.07, 6.45) is 0.565. The van der Waals surface area contributed by atoms with Crippen molar-refractivity contribution in [2.45, 2.75) is 26.2 Å². The van der Waals surface area contributed by atoms with Crippen LogP contribution in [0.1, 0.15) is 25.3 Å². The SMILES string of the molecule is CC(CCC(=O)O)=NNC(=O)Cc1cccc2ccccc12. The fourth-order valence-electron chi connectivity index (χ4n) is 2.16. The van der Waals surface area contributed by atoms with Crippen LogP contribution in [-0.2, 0) is 16.0 Å². The highest BCUT2D eigenvalue weighted by Gasteiger charge is 2.06. The van der Waals surface area contributed by atoms with Gasteiger partial charge in [0.05, 0.1) is 12.8 Å². The molecule has 2 N–H and O–H groups in total. The van der Waals surface area contributed by atoms with E-state index in [0.29, 0.717) is 12.1 Å². The molecule has 1 amide bonds. The van der Waals surface area contributed by atoms with Crippen LogP contribution < -0.4 is 5.43 Å². The van der Waals surface area contributed by atoms with E-state index in [9.17, 15) is 9.59 Å². The van der Waals surface area contributed by atoms with Crippen LogP contribution in [0.5, 0.6) is 0 Å². The van der Waals surface area contributed by atoms with E-state index in [1.165, 1.54) is 0 Å². The molecule has 2 rings (SSSR count). The first-order chi connectivity index (χ1) is 10.6. The number of nitrogens with zero attached hydrogens (tertiary/aromatic N) is 1. The number of benzene rings is 2. The largest absolute Gasteiger partial charge is 0.481 e. The maximum Gasteiger partial charge on any atom is 0.303 e. The molecule has 0 fully saturated rings. The van der Waals surface area contributed by atoms with Crippen LogP contribution in [-0.4, -0.2) is 22.7 Å². The number of fused-ring (bicyclic) bond motifs is 1.